The monoisotopic (exact) mass is 235 g/mol. The van der Waals surface area contributed by atoms with Gasteiger partial charge in [-0.3, -0.25) is 0 Å². The molecule has 3 rings (SSSR count). The van der Waals surface area contributed by atoms with Gasteiger partial charge in [0, 0.05) is 11.1 Å². The van der Waals surface area contributed by atoms with Gasteiger partial charge in [0.25, 0.3) is 0 Å². The molecule has 0 spiro atoms. The van der Waals surface area contributed by atoms with Gasteiger partial charge in [0.2, 0.25) is 5.89 Å². The molecule has 2 aromatic carbocycles. The third-order valence-electron chi connectivity index (χ3n) is 2.94. The summed E-state index contributed by atoms with van der Waals surface area (Å²) in [5.41, 5.74) is 3.28. The Bertz CT molecular complexity index is 656. The molecular weight excluding hydrogens is 222 g/mol. The Labute approximate surface area is 106 Å². The summed E-state index contributed by atoms with van der Waals surface area (Å²) in [4.78, 5) is 4.34. The van der Waals surface area contributed by atoms with Crippen molar-refractivity contribution in [3.05, 3.63) is 66.4 Å². The van der Waals surface area contributed by atoms with E-state index in [-0.39, 0.29) is 0 Å². The van der Waals surface area contributed by atoms with Gasteiger partial charge in [-0.25, -0.2) is 4.98 Å². The molecule has 0 fully saturated rings. The van der Waals surface area contributed by atoms with Crippen LogP contribution in [0, 0.1) is 6.92 Å². The fourth-order valence-electron chi connectivity index (χ4n) is 1.96. The number of rotatable bonds is 2. The minimum atomic E-state index is 0.661. The average Bonchev–Trinajstić information content (AvgIpc) is 2.90. The van der Waals surface area contributed by atoms with Gasteiger partial charge < -0.3 is 4.42 Å². The molecule has 2 heteroatoms. The maximum absolute atomic E-state index is 5.83. The molecule has 1 aromatic heterocycles. The molecule has 0 aliphatic carbocycles. The summed E-state index contributed by atoms with van der Waals surface area (Å²) in [5.74, 6) is 1.47. The first-order valence-electron chi connectivity index (χ1n) is 5.92. The standard InChI is InChI=1S/C16H13NO/c1-12-7-5-6-10-14(12)15-11-17-16(18-15)13-8-3-2-4-9-13/h2-11H,1H3. The van der Waals surface area contributed by atoms with Crippen molar-refractivity contribution >= 4 is 0 Å². The van der Waals surface area contributed by atoms with E-state index < -0.39 is 0 Å². The van der Waals surface area contributed by atoms with Crippen LogP contribution in [0.2, 0.25) is 0 Å². The van der Waals surface area contributed by atoms with Crippen LogP contribution in [0.1, 0.15) is 5.56 Å². The van der Waals surface area contributed by atoms with Crippen molar-refractivity contribution in [1.29, 1.82) is 0 Å². The van der Waals surface area contributed by atoms with E-state index in [9.17, 15) is 0 Å². The van der Waals surface area contributed by atoms with E-state index in [0.717, 1.165) is 16.9 Å². The van der Waals surface area contributed by atoms with Crippen LogP contribution in [-0.4, -0.2) is 4.98 Å². The summed E-state index contributed by atoms with van der Waals surface area (Å²) in [5, 5.41) is 0. The zero-order chi connectivity index (χ0) is 12.4. The minimum Gasteiger partial charge on any atom is -0.436 e. The Hall–Kier alpha value is -2.35. The highest BCUT2D eigenvalue weighted by Gasteiger charge is 2.09. The average molecular weight is 235 g/mol. The van der Waals surface area contributed by atoms with Crippen LogP contribution < -0.4 is 0 Å². The van der Waals surface area contributed by atoms with Crippen LogP contribution in [0.25, 0.3) is 22.8 Å². The van der Waals surface area contributed by atoms with Crippen molar-refractivity contribution in [3.8, 4) is 22.8 Å². The molecule has 0 aliphatic heterocycles. The number of benzene rings is 2. The number of aryl methyl sites for hydroxylation is 1. The van der Waals surface area contributed by atoms with Crippen molar-refractivity contribution in [1.82, 2.24) is 4.98 Å². The van der Waals surface area contributed by atoms with E-state index >= 15 is 0 Å². The predicted octanol–water partition coefficient (Wildman–Crippen LogP) is 4.32. The zero-order valence-corrected chi connectivity index (χ0v) is 10.1. The summed E-state index contributed by atoms with van der Waals surface area (Å²) < 4.78 is 5.83. The van der Waals surface area contributed by atoms with Gasteiger partial charge in [0.15, 0.2) is 5.76 Å². The van der Waals surface area contributed by atoms with E-state index in [2.05, 4.69) is 18.0 Å². The number of nitrogens with zero attached hydrogens (tertiary/aromatic N) is 1. The van der Waals surface area contributed by atoms with Crippen molar-refractivity contribution in [2.75, 3.05) is 0 Å². The van der Waals surface area contributed by atoms with E-state index in [4.69, 9.17) is 4.42 Å². The quantitative estimate of drug-likeness (QED) is 0.661. The number of oxazole rings is 1. The van der Waals surface area contributed by atoms with Gasteiger partial charge in [0.1, 0.15) is 0 Å². The third kappa shape index (κ3) is 1.93. The lowest BCUT2D eigenvalue weighted by molar-refractivity contribution is 0.588. The second kappa shape index (κ2) is 4.49. The largest absolute Gasteiger partial charge is 0.436 e. The summed E-state index contributed by atoms with van der Waals surface area (Å²) in [6.07, 6.45) is 1.78. The van der Waals surface area contributed by atoms with E-state index in [1.54, 1.807) is 6.20 Å². The first-order chi connectivity index (χ1) is 8.84. The van der Waals surface area contributed by atoms with Gasteiger partial charge in [0.05, 0.1) is 6.20 Å². The van der Waals surface area contributed by atoms with E-state index in [1.165, 1.54) is 5.56 Å². The van der Waals surface area contributed by atoms with Crippen molar-refractivity contribution in [2.24, 2.45) is 0 Å². The lowest BCUT2D eigenvalue weighted by atomic mass is 10.1. The van der Waals surface area contributed by atoms with Gasteiger partial charge in [-0.05, 0) is 24.6 Å². The van der Waals surface area contributed by atoms with Crippen LogP contribution >= 0.6 is 0 Å². The molecule has 0 N–H and O–H groups in total. The van der Waals surface area contributed by atoms with E-state index in [0.29, 0.717) is 5.89 Å². The Kier molecular flexibility index (Phi) is 2.69. The van der Waals surface area contributed by atoms with Gasteiger partial charge in [-0.15, -0.1) is 0 Å². The van der Waals surface area contributed by atoms with Crippen LogP contribution in [0.3, 0.4) is 0 Å². The highest BCUT2D eigenvalue weighted by atomic mass is 16.4. The predicted molar refractivity (Wildman–Crippen MR) is 72.1 cm³/mol. The van der Waals surface area contributed by atoms with Crippen molar-refractivity contribution in [3.63, 3.8) is 0 Å². The molecule has 0 radical (unpaired) electrons. The Morgan fingerprint density at radius 1 is 0.889 bits per heavy atom. The van der Waals surface area contributed by atoms with Crippen LogP contribution in [0.5, 0.6) is 0 Å². The van der Waals surface area contributed by atoms with Crippen LogP contribution in [0.4, 0.5) is 0 Å². The summed E-state index contributed by atoms with van der Waals surface area (Å²) in [7, 11) is 0. The number of hydrogen-bond donors (Lipinski definition) is 0. The fourth-order valence-corrected chi connectivity index (χ4v) is 1.96. The van der Waals surface area contributed by atoms with Crippen LogP contribution in [-0.2, 0) is 0 Å². The Balaban J connectivity index is 2.03. The SMILES string of the molecule is Cc1ccccc1-c1cnc(-c2ccccc2)o1. The molecule has 3 aromatic rings. The van der Waals surface area contributed by atoms with Gasteiger partial charge in [-0.2, -0.15) is 0 Å². The first-order valence-corrected chi connectivity index (χ1v) is 5.92. The number of hydrogen-bond acceptors (Lipinski definition) is 2. The lowest BCUT2D eigenvalue weighted by Gasteiger charge is -2.00. The molecule has 0 aliphatic rings. The van der Waals surface area contributed by atoms with Crippen molar-refractivity contribution in [2.45, 2.75) is 6.92 Å². The topological polar surface area (TPSA) is 26.0 Å². The summed E-state index contributed by atoms with van der Waals surface area (Å²) in [6, 6.07) is 18.1. The summed E-state index contributed by atoms with van der Waals surface area (Å²) >= 11 is 0. The minimum absolute atomic E-state index is 0.661. The Morgan fingerprint density at radius 3 is 2.39 bits per heavy atom. The fraction of sp³-hybridized carbons (Fsp3) is 0.0625. The maximum atomic E-state index is 5.83. The summed E-state index contributed by atoms with van der Waals surface area (Å²) in [6.45, 7) is 2.07. The molecule has 0 amide bonds. The molecule has 1 heterocycles. The highest BCUT2D eigenvalue weighted by Crippen LogP contribution is 2.27. The van der Waals surface area contributed by atoms with Crippen molar-refractivity contribution < 1.29 is 4.42 Å². The molecule has 0 unspecified atom stereocenters. The smallest absolute Gasteiger partial charge is 0.226 e. The zero-order valence-electron chi connectivity index (χ0n) is 10.1. The molecule has 0 saturated carbocycles. The molecule has 0 bridgehead atoms. The first kappa shape index (κ1) is 10.8. The Morgan fingerprint density at radius 2 is 1.61 bits per heavy atom. The molecule has 18 heavy (non-hydrogen) atoms. The molecule has 88 valence electrons. The normalized spacial score (nSPS) is 10.5. The van der Waals surface area contributed by atoms with Crippen LogP contribution in [0.15, 0.2) is 65.2 Å². The lowest BCUT2D eigenvalue weighted by Crippen LogP contribution is -1.78. The second-order valence-electron chi connectivity index (χ2n) is 4.21. The third-order valence-corrected chi connectivity index (χ3v) is 2.94. The molecule has 0 saturated heterocycles. The second-order valence-corrected chi connectivity index (χ2v) is 4.21. The highest BCUT2D eigenvalue weighted by molar-refractivity contribution is 5.63. The van der Waals surface area contributed by atoms with E-state index in [1.807, 2.05) is 48.5 Å². The number of aromatic nitrogens is 1. The molecule has 2 nitrogen and oxygen atoms in total. The molecular formula is C16H13NO. The van der Waals surface area contributed by atoms with Gasteiger partial charge >= 0.3 is 0 Å². The maximum Gasteiger partial charge on any atom is 0.226 e. The molecule has 0 atom stereocenters. The van der Waals surface area contributed by atoms with Gasteiger partial charge in [-0.1, -0.05) is 42.5 Å².